The Labute approximate surface area is 137 Å². The van der Waals surface area contributed by atoms with E-state index in [1.54, 1.807) is 0 Å². The normalized spacial score (nSPS) is 26.7. The quantitative estimate of drug-likeness (QED) is 0.910. The molecule has 2 atom stereocenters. The molecular formula is C18H25N3O2. The molecule has 1 aromatic carbocycles. The van der Waals surface area contributed by atoms with E-state index in [2.05, 4.69) is 40.2 Å². The van der Waals surface area contributed by atoms with Crippen molar-refractivity contribution in [3.05, 3.63) is 29.3 Å². The van der Waals surface area contributed by atoms with Gasteiger partial charge in [0.15, 0.2) is 0 Å². The van der Waals surface area contributed by atoms with Crippen molar-refractivity contribution in [2.45, 2.75) is 31.8 Å². The van der Waals surface area contributed by atoms with Crippen molar-refractivity contribution in [1.82, 2.24) is 15.1 Å². The molecule has 1 amide bonds. The Balaban J connectivity index is 1.37. The van der Waals surface area contributed by atoms with E-state index < -0.39 is 0 Å². The number of rotatable bonds is 3. The lowest BCUT2D eigenvalue weighted by Crippen LogP contribution is -2.51. The predicted molar refractivity (Wildman–Crippen MR) is 88.6 cm³/mol. The zero-order valence-corrected chi connectivity index (χ0v) is 13.8. The first-order chi connectivity index (χ1) is 11.2. The first kappa shape index (κ1) is 15.0. The molecule has 3 aliphatic rings. The number of hydrogen-bond donors (Lipinski definition) is 1. The van der Waals surface area contributed by atoms with E-state index in [0.717, 1.165) is 51.5 Å². The molecule has 2 fully saturated rings. The van der Waals surface area contributed by atoms with Crippen LogP contribution in [-0.2, 0) is 11.2 Å². The van der Waals surface area contributed by atoms with Gasteiger partial charge in [-0.2, -0.15) is 0 Å². The number of amides is 1. The number of nitrogens with zero attached hydrogens (tertiary/aromatic N) is 2. The van der Waals surface area contributed by atoms with Gasteiger partial charge in [0.25, 0.3) is 0 Å². The summed E-state index contributed by atoms with van der Waals surface area (Å²) in [6.45, 7) is 8.13. The third kappa shape index (κ3) is 2.95. The van der Waals surface area contributed by atoms with E-state index in [1.807, 2.05) is 0 Å². The van der Waals surface area contributed by atoms with Crippen molar-refractivity contribution < 1.29 is 9.53 Å². The Morgan fingerprint density at radius 2 is 2.09 bits per heavy atom. The van der Waals surface area contributed by atoms with Gasteiger partial charge in [-0.1, -0.05) is 12.1 Å². The van der Waals surface area contributed by atoms with Crippen LogP contribution >= 0.6 is 0 Å². The monoisotopic (exact) mass is 315 g/mol. The summed E-state index contributed by atoms with van der Waals surface area (Å²) < 4.78 is 5.71. The van der Waals surface area contributed by atoms with Gasteiger partial charge in [0.1, 0.15) is 5.75 Å². The topological polar surface area (TPSA) is 44.8 Å². The number of hydrogen-bond acceptors (Lipinski definition) is 4. The van der Waals surface area contributed by atoms with Gasteiger partial charge in [-0.25, -0.2) is 0 Å². The number of nitrogens with one attached hydrogen (secondary N) is 1. The van der Waals surface area contributed by atoms with Crippen LogP contribution in [0.3, 0.4) is 0 Å². The molecule has 124 valence electrons. The van der Waals surface area contributed by atoms with E-state index in [9.17, 15) is 4.79 Å². The lowest BCUT2D eigenvalue weighted by atomic mass is 10.0. The molecular weight excluding hydrogens is 290 g/mol. The molecule has 5 nitrogen and oxygen atoms in total. The number of piperazine rings is 1. The van der Waals surface area contributed by atoms with Gasteiger partial charge in [-0.15, -0.1) is 0 Å². The number of carbonyl (C=O) groups is 1. The molecule has 2 saturated heterocycles. The molecule has 3 heterocycles. The van der Waals surface area contributed by atoms with Crippen LogP contribution in [0.2, 0.25) is 0 Å². The molecule has 0 bridgehead atoms. The third-order valence-electron chi connectivity index (χ3n) is 5.57. The van der Waals surface area contributed by atoms with Crippen molar-refractivity contribution in [3.63, 3.8) is 0 Å². The lowest BCUT2D eigenvalue weighted by molar-refractivity contribution is -0.119. The Morgan fingerprint density at radius 3 is 2.83 bits per heavy atom. The maximum atomic E-state index is 11.4. The van der Waals surface area contributed by atoms with Crippen LogP contribution in [0.25, 0.3) is 0 Å². The number of benzene rings is 1. The van der Waals surface area contributed by atoms with Gasteiger partial charge < -0.3 is 10.1 Å². The smallest absolute Gasteiger partial charge is 0.221 e. The summed E-state index contributed by atoms with van der Waals surface area (Å²) in [7, 11) is 0. The minimum absolute atomic E-state index is 0.198. The second-order valence-corrected chi connectivity index (χ2v) is 6.88. The van der Waals surface area contributed by atoms with E-state index in [1.165, 1.54) is 11.1 Å². The zero-order valence-electron chi connectivity index (χ0n) is 13.8. The molecule has 0 saturated carbocycles. The van der Waals surface area contributed by atoms with Gasteiger partial charge in [0, 0.05) is 57.6 Å². The fourth-order valence-corrected chi connectivity index (χ4v) is 3.99. The molecule has 0 spiro atoms. The predicted octanol–water partition coefficient (Wildman–Crippen LogP) is 1.19. The van der Waals surface area contributed by atoms with Crippen LogP contribution in [0.5, 0.6) is 5.75 Å². The summed E-state index contributed by atoms with van der Waals surface area (Å²) in [5.74, 6) is 1.27. The van der Waals surface area contributed by atoms with Crippen LogP contribution in [0, 0.1) is 0 Å². The highest BCUT2D eigenvalue weighted by Crippen LogP contribution is 2.31. The van der Waals surface area contributed by atoms with Crippen molar-refractivity contribution in [1.29, 1.82) is 0 Å². The van der Waals surface area contributed by atoms with Gasteiger partial charge >= 0.3 is 0 Å². The van der Waals surface area contributed by atoms with Crippen LogP contribution < -0.4 is 10.1 Å². The Kier molecular flexibility index (Phi) is 3.99. The van der Waals surface area contributed by atoms with Crippen LogP contribution in [0.15, 0.2) is 18.2 Å². The molecule has 0 aliphatic carbocycles. The number of fused-ring (bicyclic) bond motifs is 1. The van der Waals surface area contributed by atoms with E-state index in [4.69, 9.17) is 4.74 Å². The largest absolute Gasteiger partial charge is 0.493 e. The summed E-state index contributed by atoms with van der Waals surface area (Å²) in [4.78, 5) is 16.4. The highest BCUT2D eigenvalue weighted by Gasteiger charge is 2.31. The van der Waals surface area contributed by atoms with E-state index >= 15 is 0 Å². The second-order valence-electron chi connectivity index (χ2n) is 6.88. The average Bonchev–Trinajstić information content (AvgIpc) is 3.22. The number of carbonyl (C=O) groups excluding carboxylic acids is 1. The van der Waals surface area contributed by atoms with Gasteiger partial charge in [-0.05, 0) is 24.1 Å². The SMILES string of the molecule is C[C@@H](c1ccc2c(c1)OCC2)N1CCN(C2CNC(=O)C2)CC1. The second kappa shape index (κ2) is 6.13. The van der Waals surface area contributed by atoms with Crippen LogP contribution in [-0.4, -0.2) is 61.1 Å². The molecule has 1 aromatic rings. The molecule has 3 aliphatic heterocycles. The summed E-state index contributed by atoms with van der Waals surface area (Å²) in [6, 6.07) is 7.51. The molecule has 0 aromatic heterocycles. The van der Waals surface area contributed by atoms with E-state index in [0.29, 0.717) is 18.5 Å². The first-order valence-corrected chi connectivity index (χ1v) is 8.71. The molecule has 23 heavy (non-hydrogen) atoms. The maximum Gasteiger partial charge on any atom is 0.221 e. The van der Waals surface area contributed by atoms with Gasteiger partial charge in [-0.3, -0.25) is 14.6 Å². The van der Waals surface area contributed by atoms with Gasteiger partial charge in [0.2, 0.25) is 5.91 Å². The Morgan fingerprint density at radius 1 is 1.26 bits per heavy atom. The zero-order chi connectivity index (χ0) is 15.8. The molecule has 1 N–H and O–H groups in total. The first-order valence-electron chi connectivity index (χ1n) is 8.71. The van der Waals surface area contributed by atoms with Crippen molar-refractivity contribution >= 4 is 5.91 Å². The van der Waals surface area contributed by atoms with E-state index in [-0.39, 0.29) is 5.91 Å². The van der Waals surface area contributed by atoms with Crippen LogP contribution in [0.4, 0.5) is 0 Å². The van der Waals surface area contributed by atoms with Crippen molar-refractivity contribution in [3.8, 4) is 5.75 Å². The van der Waals surface area contributed by atoms with Crippen molar-refractivity contribution in [2.24, 2.45) is 0 Å². The molecule has 4 rings (SSSR count). The van der Waals surface area contributed by atoms with Crippen molar-refractivity contribution in [2.75, 3.05) is 39.3 Å². The summed E-state index contributed by atoms with van der Waals surface area (Å²) in [5.41, 5.74) is 2.68. The number of ether oxygens (including phenoxy) is 1. The van der Waals surface area contributed by atoms with Gasteiger partial charge in [0.05, 0.1) is 6.61 Å². The average molecular weight is 315 g/mol. The fraction of sp³-hybridized carbons (Fsp3) is 0.611. The fourth-order valence-electron chi connectivity index (χ4n) is 3.99. The maximum absolute atomic E-state index is 11.4. The molecule has 0 radical (unpaired) electrons. The lowest BCUT2D eigenvalue weighted by Gasteiger charge is -2.40. The Hall–Kier alpha value is -1.59. The standard InChI is InChI=1S/C18H25N3O2/c1-13(15-3-2-14-4-9-23-17(14)10-15)20-5-7-21(8-6-20)16-11-18(22)19-12-16/h2-3,10,13,16H,4-9,11-12H2,1H3,(H,19,22)/t13-,16?/m0/s1. The summed E-state index contributed by atoms with van der Waals surface area (Å²) in [5, 5.41) is 2.94. The minimum Gasteiger partial charge on any atom is -0.493 e. The molecule has 5 heteroatoms. The van der Waals surface area contributed by atoms with Crippen LogP contribution in [0.1, 0.15) is 30.5 Å². The Bertz CT molecular complexity index is 596. The minimum atomic E-state index is 0.198. The summed E-state index contributed by atoms with van der Waals surface area (Å²) >= 11 is 0. The third-order valence-corrected chi connectivity index (χ3v) is 5.57. The highest BCUT2D eigenvalue weighted by atomic mass is 16.5. The molecule has 1 unspecified atom stereocenters. The highest BCUT2D eigenvalue weighted by molar-refractivity contribution is 5.78. The summed E-state index contributed by atoms with van der Waals surface area (Å²) in [6.07, 6.45) is 1.70.